The first-order valence-electron chi connectivity index (χ1n) is 6.77. The SMILES string of the molecule is CC(N)C(c1cccc(F)c1)N(C)c1ccccc1C#N. The van der Waals surface area contributed by atoms with E-state index in [2.05, 4.69) is 6.07 Å². The minimum atomic E-state index is -0.292. The summed E-state index contributed by atoms with van der Waals surface area (Å²) in [7, 11) is 1.87. The summed E-state index contributed by atoms with van der Waals surface area (Å²) in [5.74, 6) is -0.292. The molecule has 2 rings (SSSR count). The smallest absolute Gasteiger partial charge is 0.123 e. The molecule has 2 atom stereocenters. The number of nitrogens with two attached hydrogens (primary N) is 1. The maximum Gasteiger partial charge on any atom is 0.123 e. The lowest BCUT2D eigenvalue weighted by molar-refractivity contribution is 0.551. The van der Waals surface area contributed by atoms with Crippen LogP contribution in [0.3, 0.4) is 0 Å². The van der Waals surface area contributed by atoms with Crippen LogP contribution >= 0.6 is 0 Å². The van der Waals surface area contributed by atoms with Gasteiger partial charge in [-0.25, -0.2) is 4.39 Å². The molecule has 2 N–H and O–H groups in total. The standard InChI is InChI=1S/C17H18FN3/c1-12(20)17(13-7-5-8-15(18)10-13)21(2)16-9-4-3-6-14(16)11-19/h3-10,12,17H,20H2,1-2H3. The topological polar surface area (TPSA) is 53.0 Å². The van der Waals surface area contributed by atoms with E-state index in [0.717, 1.165) is 11.3 Å². The summed E-state index contributed by atoms with van der Waals surface area (Å²) in [6.45, 7) is 1.88. The van der Waals surface area contributed by atoms with Gasteiger partial charge in [0, 0.05) is 13.1 Å². The average molecular weight is 283 g/mol. The number of nitriles is 1. The number of halogens is 1. The number of benzene rings is 2. The van der Waals surface area contributed by atoms with Gasteiger partial charge >= 0.3 is 0 Å². The van der Waals surface area contributed by atoms with Gasteiger partial charge in [0.15, 0.2) is 0 Å². The maximum atomic E-state index is 13.5. The Labute approximate surface area is 124 Å². The molecule has 3 nitrogen and oxygen atoms in total. The molecule has 0 spiro atoms. The van der Waals surface area contributed by atoms with Gasteiger partial charge in [-0.05, 0) is 36.8 Å². The second-order valence-electron chi connectivity index (χ2n) is 5.10. The molecule has 108 valence electrons. The number of hydrogen-bond acceptors (Lipinski definition) is 3. The van der Waals surface area contributed by atoms with Crippen LogP contribution in [0.15, 0.2) is 48.5 Å². The van der Waals surface area contributed by atoms with Crippen LogP contribution < -0.4 is 10.6 Å². The highest BCUT2D eigenvalue weighted by atomic mass is 19.1. The fourth-order valence-electron chi connectivity index (χ4n) is 2.60. The number of hydrogen-bond donors (Lipinski definition) is 1. The van der Waals surface area contributed by atoms with Gasteiger partial charge in [0.2, 0.25) is 0 Å². The normalized spacial score (nSPS) is 13.3. The average Bonchev–Trinajstić information content (AvgIpc) is 2.47. The van der Waals surface area contributed by atoms with E-state index in [9.17, 15) is 9.65 Å². The Kier molecular flexibility index (Phi) is 4.56. The summed E-state index contributed by atoms with van der Waals surface area (Å²) < 4.78 is 13.5. The molecule has 2 aromatic rings. The third kappa shape index (κ3) is 3.21. The molecule has 0 aliphatic carbocycles. The number of likely N-dealkylation sites (N-methyl/N-ethyl adjacent to an activating group) is 1. The molecule has 0 saturated carbocycles. The zero-order chi connectivity index (χ0) is 15.4. The predicted molar refractivity (Wildman–Crippen MR) is 82.4 cm³/mol. The number of nitrogens with zero attached hydrogens (tertiary/aromatic N) is 2. The first kappa shape index (κ1) is 15.0. The molecular weight excluding hydrogens is 265 g/mol. The van der Waals surface area contributed by atoms with Crippen molar-refractivity contribution in [3.8, 4) is 6.07 Å². The third-order valence-electron chi connectivity index (χ3n) is 3.51. The quantitative estimate of drug-likeness (QED) is 0.937. The monoisotopic (exact) mass is 283 g/mol. The summed E-state index contributed by atoms with van der Waals surface area (Å²) in [5.41, 5.74) is 8.25. The molecule has 21 heavy (non-hydrogen) atoms. The Morgan fingerprint density at radius 3 is 2.52 bits per heavy atom. The fourth-order valence-corrected chi connectivity index (χ4v) is 2.60. The molecule has 2 unspecified atom stereocenters. The van der Waals surface area contributed by atoms with Gasteiger partial charge in [-0.2, -0.15) is 5.26 Å². The van der Waals surface area contributed by atoms with Gasteiger partial charge in [0.05, 0.1) is 17.3 Å². The van der Waals surface area contributed by atoms with E-state index in [1.807, 2.05) is 43.1 Å². The molecule has 0 aliphatic heterocycles. The van der Waals surface area contributed by atoms with E-state index >= 15 is 0 Å². The Morgan fingerprint density at radius 2 is 1.90 bits per heavy atom. The van der Waals surface area contributed by atoms with Crippen LogP contribution in [0.1, 0.15) is 24.1 Å². The lowest BCUT2D eigenvalue weighted by Gasteiger charge is -2.33. The van der Waals surface area contributed by atoms with Crippen LogP contribution in [0.2, 0.25) is 0 Å². The lowest BCUT2D eigenvalue weighted by Crippen LogP contribution is -2.37. The van der Waals surface area contributed by atoms with Crippen molar-refractivity contribution < 1.29 is 4.39 Å². The molecule has 0 saturated heterocycles. The second-order valence-corrected chi connectivity index (χ2v) is 5.10. The number of para-hydroxylation sites is 1. The predicted octanol–water partition coefficient (Wildman–Crippen LogP) is 3.22. The van der Waals surface area contributed by atoms with Gasteiger partial charge < -0.3 is 10.6 Å². The molecule has 0 bridgehead atoms. The zero-order valence-electron chi connectivity index (χ0n) is 12.1. The first-order valence-corrected chi connectivity index (χ1v) is 6.77. The van der Waals surface area contributed by atoms with Crippen LogP contribution in [0.4, 0.5) is 10.1 Å². The van der Waals surface area contributed by atoms with E-state index in [-0.39, 0.29) is 17.9 Å². The summed E-state index contributed by atoms with van der Waals surface area (Å²) >= 11 is 0. The van der Waals surface area contributed by atoms with Crippen molar-refractivity contribution in [1.29, 1.82) is 5.26 Å². The molecule has 0 radical (unpaired) electrons. The van der Waals surface area contributed by atoms with Gasteiger partial charge in [-0.3, -0.25) is 0 Å². The van der Waals surface area contributed by atoms with Crippen molar-refractivity contribution >= 4 is 5.69 Å². The molecule has 0 heterocycles. The van der Waals surface area contributed by atoms with Crippen molar-refractivity contribution in [2.75, 3.05) is 11.9 Å². The fraction of sp³-hybridized carbons (Fsp3) is 0.235. The van der Waals surface area contributed by atoms with Crippen LogP contribution in [0, 0.1) is 17.1 Å². The number of anilines is 1. The Hall–Kier alpha value is -2.38. The van der Waals surface area contributed by atoms with Gasteiger partial charge in [-0.1, -0.05) is 24.3 Å². The highest BCUT2D eigenvalue weighted by Crippen LogP contribution is 2.30. The first-order chi connectivity index (χ1) is 10.0. The highest BCUT2D eigenvalue weighted by molar-refractivity contribution is 5.60. The zero-order valence-corrected chi connectivity index (χ0v) is 12.1. The van der Waals surface area contributed by atoms with Crippen LogP contribution in [-0.4, -0.2) is 13.1 Å². The minimum absolute atomic E-state index is 0.213. The largest absolute Gasteiger partial charge is 0.365 e. The third-order valence-corrected chi connectivity index (χ3v) is 3.51. The van der Waals surface area contributed by atoms with Crippen molar-refractivity contribution in [3.63, 3.8) is 0 Å². The van der Waals surface area contributed by atoms with Gasteiger partial charge in [-0.15, -0.1) is 0 Å². The summed E-state index contributed by atoms with van der Waals surface area (Å²) in [4.78, 5) is 1.93. The Morgan fingerprint density at radius 1 is 1.19 bits per heavy atom. The molecule has 0 amide bonds. The van der Waals surface area contributed by atoms with Gasteiger partial charge in [0.1, 0.15) is 11.9 Å². The summed E-state index contributed by atoms with van der Waals surface area (Å²) in [5, 5.41) is 9.23. The molecule has 4 heteroatoms. The van der Waals surface area contributed by atoms with E-state index in [0.29, 0.717) is 5.56 Å². The molecule has 0 fully saturated rings. The van der Waals surface area contributed by atoms with Crippen molar-refractivity contribution in [1.82, 2.24) is 0 Å². The van der Waals surface area contributed by atoms with Crippen LogP contribution in [0.25, 0.3) is 0 Å². The van der Waals surface area contributed by atoms with Crippen molar-refractivity contribution in [2.45, 2.75) is 19.0 Å². The Balaban J connectivity index is 2.46. The maximum absolute atomic E-state index is 13.5. The molecule has 0 aromatic heterocycles. The molecular formula is C17H18FN3. The van der Waals surface area contributed by atoms with Gasteiger partial charge in [0.25, 0.3) is 0 Å². The van der Waals surface area contributed by atoms with E-state index < -0.39 is 0 Å². The lowest BCUT2D eigenvalue weighted by atomic mass is 9.98. The highest BCUT2D eigenvalue weighted by Gasteiger charge is 2.23. The van der Waals surface area contributed by atoms with Crippen LogP contribution in [-0.2, 0) is 0 Å². The summed E-state index contributed by atoms with van der Waals surface area (Å²) in [6.07, 6.45) is 0. The molecule has 2 aromatic carbocycles. The number of rotatable bonds is 4. The minimum Gasteiger partial charge on any atom is -0.365 e. The molecule has 0 aliphatic rings. The summed E-state index contributed by atoms with van der Waals surface area (Å²) in [6, 6.07) is 15.5. The van der Waals surface area contributed by atoms with Crippen LogP contribution in [0.5, 0.6) is 0 Å². The second kappa shape index (κ2) is 6.38. The van der Waals surface area contributed by atoms with E-state index in [4.69, 9.17) is 5.73 Å². The van der Waals surface area contributed by atoms with Crippen molar-refractivity contribution in [2.24, 2.45) is 5.73 Å². The Bertz CT molecular complexity index is 661. The van der Waals surface area contributed by atoms with Crippen molar-refractivity contribution in [3.05, 3.63) is 65.5 Å². The van der Waals surface area contributed by atoms with E-state index in [1.165, 1.54) is 12.1 Å². The van der Waals surface area contributed by atoms with E-state index in [1.54, 1.807) is 12.1 Å².